The van der Waals surface area contributed by atoms with Crippen LogP contribution in [-0.2, 0) is 33.3 Å². The summed E-state index contributed by atoms with van der Waals surface area (Å²) < 4.78 is 21.1. The van der Waals surface area contributed by atoms with Crippen LogP contribution in [0.3, 0.4) is 0 Å². The first-order valence-corrected chi connectivity index (χ1v) is 11.7. The number of hydrogen-bond donors (Lipinski definition) is 3. The zero-order valence-corrected chi connectivity index (χ0v) is 19.9. The van der Waals surface area contributed by atoms with E-state index < -0.39 is 0 Å². The summed E-state index contributed by atoms with van der Waals surface area (Å²) in [6.07, 6.45) is 5.63. The van der Waals surface area contributed by atoms with E-state index in [0.29, 0.717) is 65.7 Å². The van der Waals surface area contributed by atoms with E-state index in [1.54, 1.807) is 0 Å². The molecular weight excluding hydrogens is 418 g/mol. The van der Waals surface area contributed by atoms with Gasteiger partial charge in [0.2, 0.25) is 17.7 Å². The Morgan fingerprint density at radius 1 is 0.531 bits per heavy atom. The fraction of sp³-hybridized carbons (Fsp3) is 0.864. The summed E-state index contributed by atoms with van der Waals surface area (Å²) in [6.45, 7) is 7.76. The van der Waals surface area contributed by atoms with E-state index in [4.69, 9.17) is 18.9 Å². The van der Waals surface area contributed by atoms with Crippen LogP contribution in [0.15, 0.2) is 0 Å². The second-order valence-electron chi connectivity index (χ2n) is 7.19. The van der Waals surface area contributed by atoms with Gasteiger partial charge in [-0.25, -0.2) is 0 Å². The van der Waals surface area contributed by atoms with Gasteiger partial charge in [0.25, 0.3) is 0 Å². The van der Waals surface area contributed by atoms with Crippen molar-refractivity contribution in [3.05, 3.63) is 0 Å². The molecular formula is C22H43N3O7. The van der Waals surface area contributed by atoms with Gasteiger partial charge in [0.15, 0.2) is 0 Å². The minimum Gasteiger partial charge on any atom is -0.377 e. The molecule has 0 saturated carbocycles. The van der Waals surface area contributed by atoms with Crippen molar-refractivity contribution in [2.45, 2.75) is 52.4 Å². The minimum absolute atomic E-state index is 0.0263. The largest absolute Gasteiger partial charge is 0.377 e. The first-order chi connectivity index (χ1) is 15.6. The van der Waals surface area contributed by atoms with Crippen molar-refractivity contribution in [3.63, 3.8) is 0 Å². The normalized spacial score (nSPS) is 10.7. The number of amides is 3. The van der Waals surface area contributed by atoms with Gasteiger partial charge in [-0.3, -0.25) is 14.4 Å². The number of ether oxygens (including phenoxy) is 4. The zero-order valence-electron chi connectivity index (χ0n) is 19.9. The molecule has 0 aliphatic rings. The van der Waals surface area contributed by atoms with E-state index in [2.05, 4.69) is 29.8 Å². The Kier molecular flexibility index (Phi) is 22.6. The number of unbranched alkanes of at least 4 members (excludes halogenated alkanes) is 3. The monoisotopic (exact) mass is 461 g/mol. The highest BCUT2D eigenvalue weighted by molar-refractivity contribution is 5.77. The Hall–Kier alpha value is -1.75. The lowest BCUT2D eigenvalue weighted by molar-refractivity contribution is -0.127. The van der Waals surface area contributed by atoms with Crippen molar-refractivity contribution in [1.29, 1.82) is 0 Å². The van der Waals surface area contributed by atoms with E-state index >= 15 is 0 Å². The van der Waals surface area contributed by atoms with Crippen molar-refractivity contribution >= 4 is 17.7 Å². The summed E-state index contributed by atoms with van der Waals surface area (Å²) >= 11 is 0. The highest BCUT2D eigenvalue weighted by Crippen LogP contribution is 1.97. The molecule has 3 amide bonds. The van der Waals surface area contributed by atoms with Crippen molar-refractivity contribution < 1.29 is 33.3 Å². The van der Waals surface area contributed by atoms with Gasteiger partial charge in [0.1, 0.15) is 13.2 Å². The number of carbonyl (C=O) groups excluding carboxylic acids is 3. The predicted molar refractivity (Wildman–Crippen MR) is 121 cm³/mol. The van der Waals surface area contributed by atoms with E-state index in [1.807, 2.05) is 0 Å². The molecule has 10 heteroatoms. The van der Waals surface area contributed by atoms with Gasteiger partial charge in [-0.05, 0) is 12.8 Å². The molecule has 0 bridgehead atoms. The topological polar surface area (TPSA) is 124 Å². The van der Waals surface area contributed by atoms with Crippen LogP contribution >= 0.6 is 0 Å². The van der Waals surface area contributed by atoms with E-state index in [9.17, 15) is 14.4 Å². The van der Waals surface area contributed by atoms with Gasteiger partial charge >= 0.3 is 0 Å². The molecule has 3 N–H and O–H groups in total. The summed E-state index contributed by atoms with van der Waals surface area (Å²) in [7, 11) is 0. The molecule has 0 atom stereocenters. The molecule has 0 fully saturated rings. The van der Waals surface area contributed by atoms with Crippen molar-refractivity contribution in [1.82, 2.24) is 16.0 Å². The molecule has 0 heterocycles. The average Bonchev–Trinajstić information content (AvgIpc) is 2.77. The van der Waals surface area contributed by atoms with Gasteiger partial charge in [-0.15, -0.1) is 0 Å². The fourth-order valence-electron chi connectivity index (χ4n) is 2.43. The maximum Gasteiger partial charge on any atom is 0.246 e. The van der Waals surface area contributed by atoms with Crippen LogP contribution in [0.1, 0.15) is 52.4 Å². The molecule has 0 saturated heterocycles. The summed E-state index contributed by atoms with van der Waals surface area (Å²) in [4.78, 5) is 34.5. The van der Waals surface area contributed by atoms with Crippen LogP contribution < -0.4 is 16.0 Å². The number of nitrogens with one attached hydrogen (secondary N) is 3. The van der Waals surface area contributed by atoms with Crippen molar-refractivity contribution in [2.24, 2.45) is 0 Å². The molecule has 0 rings (SSSR count). The first kappa shape index (κ1) is 30.2. The number of carbonyl (C=O) groups is 3. The second-order valence-corrected chi connectivity index (χ2v) is 7.19. The highest BCUT2D eigenvalue weighted by atomic mass is 16.5. The first-order valence-electron chi connectivity index (χ1n) is 11.7. The maximum absolute atomic E-state index is 11.6. The molecule has 0 aromatic heterocycles. The summed E-state index contributed by atoms with van der Waals surface area (Å²) in [5.41, 5.74) is 0. The number of rotatable bonds is 23. The van der Waals surface area contributed by atoms with E-state index in [1.165, 1.54) is 0 Å². The second kappa shape index (κ2) is 23.9. The van der Waals surface area contributed by atoms with Gasteiger partial charge in [-0.1, -0.05) is 33.1 Å². The Labute approximate surface area is 192 Å². The van der Waals surface area contributed by atoms with Gasteiger partial charge < -0.3 is 34.9 Å². The van der Waals surface area contributed by atoms with E-state index in [-0.39, 0.29) is 30.9 Å². The summed E-state index contributed by atoms with van der Waals surface area (Å²) in [5.74, 6) is -0.301. The molecule has 0 unspecified atom stereocenters. The lowest BCUT2D eigenvalue weighted by Crippen LogP contribution is -2.31. The molecule has 0 aromatic carbocycles. The Morgan fingerprint density at radius 2 is 1.00 bits per heavy atom. The maximum atomic E-state index is 11.6. The lowest BCUT2D eigenvalue weighted by atomic mass is 10.2. The summed E-state index contributed by atoms with van der Waals surface area (Å²) in [6, 6.07) is 0. The van der Waals surface area contributed by atoms with Crippen LogP contribution in [0, 0.1) is 0 Å². The van der Waals surface area contributed by atoms with Crippen LogP contribution in [0.25, 0.3) is 0 Å². The third-order valence-corrected chi connectivity index (χ3v) is 4.21. The van der Waals surface area contributed by atoms with Crippen molar-refractivity contribution in [2.75, 3.05) is 72.5 Å². The van der Waals surface area contributed by atoms with Crippen LogP contribution in [0.5, 0.6) is 0 Å². The minimum atomic E-state index is -0.229. The van der Waals surface area contributed by atoms with Crippen LogP contribution in [-0.4, -0.2) is 90.2 Å². The SMILES string of the molecule is CCCCCC(=O)NCCOCCOCC(=O)NCCOCCOCC(=O)NCCCC. The fourth-order valence-corrected chi connectivity index (χ4v) is 2.43. The number of hydrogen-bond acceptors (Lipinski definition) is 7. The van der Waals surface area contributed by atoms with Crippen LogP contribution in [0.2, 0.25) is 0 Å². The lowest BCUT2D eigenvalue weighted by Gasteiger charge is -2.09. The van der Waals surface area contributed by atoms with Crippen molar-refractivity contribution in [3.8, 4) is 0 Å². The Bertz CT molecular complexity index is 438. The molecule has 0 aromatic rings. The predicted octanol–water partition coefficient (Wildman–Crippen LogP) is 0.782. The Balaban J connectivity index is 3.30. The molecule has 0 aliphatic carbocycles. The quantitative estimate of drug-likeness (QED) is 0.192. The zero-order chi connectivity index (χ0) is 23.7. The smallest absolute Gasteiger partial charge is 0.246 e. The Morgan fingerprint density at radius 3 is 1.53 bits per heavy atom. The standard InChI is InChI=1S/C22H43N3O7/c1-3-5-7-8-20(26)24-10-12-29-14-17-32-19-22(28)25-11-13-30-15-16-31-18-21(27)23-9-6-4-2/h3-19H2,1-2H3,(H,23,27)(H,24,26)(H,25,28). The van der Waals surface area contributed by atoms with E-state index in [0.717, 1.165) is 32.1 Å². The van der Waals surface area contributed by atoms with Gasteiger partial charge in [0, 0.05) is 26.1 Å². The third-order valence-electron chi connectivity index (χ3n) is 4.21. The molecule has 10 nitrogen and oxygen atoms in total. The molecule has 0 radical (unpaired) electrons. The summed E-state index contributed by atoms with van der Waals surface area (Å²) in [5, 5.41) is 8.25. The van der Waals surface area contributed by atoms with Gasteiger partial charge in [0.05, 0.1) is 39.6 Å². The highest BCUT2D eigenvalue weighted by Gasteiger charge is 2.03. The third kappa shape index (κ3) is 22.9. The average molecular weight is 462 g/mol. The molecule has 32 heavy (non-hydrogen) atoms. The molecule has 0 spiro atoms. The molecule has 0 aliphatic heterocycles. The molecule has 188 valence electrons. The van der Waals surface area contributed by atoms with Gasteiger partial charge in [-0.2, -0.15) is 0 Å². The van der Waals surface area contributed by atoms with Crippen LogP contribution in [0.4, 0.5) is 0 Å².